The normalized spacial score (nSPS) is 11.2. The van der Waals surface area contributed by atoms with E-state index < -0.39 is 0 Å². The first-order valence-corrected chi connectivity index (χ1v) is 11.0. The molecule has 0 spiro atoms. The molecule has 0 unspecified atom stereocenters. The predicted octanol–water partition coefficient (Wildman–Crippen LogP) is 6.08. The molecule has 5 aromatic rings. The molecule has 0 aliphatic heterocycles. The molecule has 1 heterocycles. The number of hydrogen-bond acceptors (Lipinski definition) is 3. The molecule has 0 aliphatic rings. The van der Waals surface area contributed by atoms with Crippen molar-refractivity contribution in [3.05, 3.63) is 120 Å². The van der Waals surface area contributed by atoms with Crippen LogP contribution in [0.15, 0.2) is 108 Å². The summed E-state index contributed by atoms with van der Waals surface area (Å²) in [6.07, 6.45) is 1.47. The third kappa shape index (κ3) is 4.07. The third-order valence-corrected chi connectivity index (χ3v) is 5.84. The summed E-state index contributed by atoms with van der Waals surface area (Å²) in [6.45, 7) is 2.06. The van der Waals surface area contributed by atoms with E-state index >= 15 is 0 Å². The number of fused-ring (bicyclic) bond motifs is 1. The Kier molecular flexibility index (Phi) is 5.67. The molecule has 0 saturated heterocycles. The van der Waals surface area contributed by atoms with E-state index in [9.17, 15) is 9.90 Å². The van der Waals surface area contributed by atoms with Crippen molar-refractivity contribution in [3.8, 4) is 22.7 Å². The lowest BCUT2D eigenvalue weighted by atomic mass is 10.0. The van der Waals surface area contributed by atoms with Crippen molar-refractivity contribution in [1.82, 2.24) is 9.99 Å². The van der Waals surface area contributed by atoms with Crippen LogP contribution in [0.2, 0.25) is 0 Å². The van der Waals surface area contributed by atoms with Gasteiger partial charge in [0.2, 0.25) is 0 Å². The molecular formula is C29H23N3O2. The molecule has 0 bridgehead atoms. The number of rotatable bonds is 5. The van der Waals surface area contributed by atoms with Gasteiger partial charge in [-0.3, -0.25) is 4.79 Å². The second-order valence-corrected chi connectivity index (χ2v) is 8.03. The summed E-state index contributed by atoms with van der Waals surface area (Å²) in [5.74, 6) is -0.215. The van der Waals surface area contributed by atoms with Crippen LogP contribution in [0.1, 0.15) is 21.6 Å². The molecule has 2 N–H and O–H groups in total. The minimum atomic E-state index is -0.324. The highest BCUT2D eigenvalue weighted by Crippen LogP contribution is 2.27. The van der Waals surface area contributed by atoms with Gasteiger partial charge in [-0.1, -0.05) is 60.7 Å². The topological polar surface area (TPSA) is 66.6 Å². The molecule has 5 rings (SSSR count). The lowest BCUT2D eigenvalue weighted by Crippen LogP contribution is -2.17. The van der Waals surface area contributed by atoms with Crippen molar-refractivity contribution < 1.29 is 9.90 Å². The van der Waals surface area contributed by atoms with Crippen LogP contribution in [0.25, 0.3) is 27.7 Å². The first-order chi connectivity index (χ1) is 16.6. The maximum atomic E-state index is 12.6. The van der Waals surface area contributed by atoms with E-state index in [0.29, 0.717) is 11.1 Å². The van der Waals surface area contributed by atoms with Crippen LogP contribution in [-0.4, -0.2) is 21.8 Å². The zero-order chi connectivity index (χ0) is 23.5. The minimum Gasteiger partial charge on any atom is -0.507 e. The SMILES string of the molecule is Cc1ccc(-c2ccccc2)n1-c1ccc(C(=O)NN=Cc2c(O)ccc3ccccc23)cc1. The van der Waals surface area contributed by atoms with Gasteiger partial charge in [-0.05, 0) is 65.7 Å². The molecule has 0 atom stereocenters. The number of phenolic OH excluding ortho intramolecular Hbond substituents is 1. The van der Waals surface area contributed by atoms with E-state index in [0.717, 1.165) is 33.4 Å². The fourth-order valence-corrected chi connectivity index (χ4v) is 4.12. The fraction of sp³-hybridized carbons (Fsp3) is 0.0345. The number of nitrogens with zero attached hydrogens (tertiary/aromatic N) is 2. The summed E-state index contributed by atoms with van der Waals surface area (Å²) < 4.78 is 2.17. The van der Waals surface area contributed by atoms with Crippen molar-refractivity contribution >= 4 is 22.9 Å². The maximum Gasteiger partial charge on any atom is 0.271 e. The van der Waals surface area contributed by atoms with Crippen molar-refractivity contribution in [3.63, 3.8) is 0 Å². The third-order valence-electron chi connectivity index (χ3n) is 5.84. The Morgan fingerprint density at radius 2 is 1.59 bits per heavy atom. The van der Waals surface area contributed by atoms with Gasteiger partial charge < -0.3 is 9.67 Å². The van der Waals surface area contributed by atoms with Crippen molar-refractivity contribution in [2.45, 2.75) is 6.92 Å². The van der Waals surface area contributed by atoms with E-state index in [-0.39, 0.29) is 11.7 Å². The number of phenols is 1. The first kappa shape index (κ1) is 21.2. The largest absolute Gasteiger partial charge is 0.507 e. The average molecular weight is 446 g/mol. The number of carbonyl (C=O) groups excluding carboxylic acids is 1. The smallest absolute Gasteiger partial charge is 0.271 e. The molecular weight excluding hydrogens is 422 g/mol. The molecule has 0 aliphatic carbocycles. The minimum absolute atomic E-state index is 0.109. The van der Waals surface area contributed by atoms with E-state index in [1.54, 1.807) is 18.2 Å². The van der Waals surface area contributed by atoms with Gasteiger partial charge in [0.15, 0.2) is 0 Å². The highest BCUT2D eigenvalue weighted by molar-refractivity contribution is 6.03. The molecule has 5 nitrogen and oxygen atoms in total. The second-order valence-electron chi connectivity index (χ2n) is 8.03. The number of carbonyl (C=O) groups is 1. The van der Waals surface area contributed by atoms with E-state index in [4.69, 9.17) is 0 Å². The van der Waals surface area contributed by atoms with E-state index in [2.05, 4.69) is 46.3 Å². The number of hydrazone groups is 1. The fourth-order valence-electron chi connectivity index (χ4n) is 4.12. The van der Waals surface area contributed by atoms with Gasteiger partial charge in [-0.25, -0.2) is 5.43 Å². The molecule has 34 heavy (non-hydrogen) atoms. The van der Waals surface area contributed by atoms with Crippen LogP contribution in [0.3, 0.4) is 0 Å². The van der Waals surface area contributed by atoms with Crippen LogP contribution in [0.5, 0.6) is 5.75 Å². The number of benzene rings is 4. The average Bonchev–Trinajstić information content (AvgIpc) is 3.27. The molecule has 4 aromatic carbocycles. The van der Waals surface area contributed by atoms with Gasteiger partial charge in [0, 0.05) is 22.5 Å². The lowest BCUT2D eigenvalue weighted by Gasteiger charge is -2.12. The van der Waals surface area contributed by atoms with Crippen LogP contribution in [0.4, 0.5) is 0 Å². The highest BCUT2D eigenvalue weighted by Gasteiger charge is 2.11. The zero-order valence-corrected chi connectivity index (χ0v) is 18.6. The summed E-state index contributed by atoms with van der Waals surface area (Å²) in [6, 6.07) is 33.0. The lowest BCUT2D eigenvalue weighted by molar-refractivity contribution is 0.0955. The Labute approximate surface area is 197 Å². The molecule has 0 saturated carbocycles. The Morgan fingerprint density at radius 1 is 0.853 bits per heavy atom. The highest BCUT2D eigenvalue weighted by atomic mass is 16.3. The number of aromatic nitrogens is 1. The van der Waals surface area contributed by atoms with Crippen LogP contribution in [0, 0.1) is 6.92 Å². The Morgan fingerprint density at radius 3 is 2.38 bits per heavy atom. The standard InChI is InChI=1S/C29H23N3O2/c1-20-11-17-27(22-8-3-2-4-9-22)32(20)24-15-12-23(13-16-24)29(34)31-30-19-26-25-10-6-5-7-21(25)14-18-28(26)33/h2-19,33H,1H3,(H,31,34). The van der Waals surface area contributed by atoms with Gasteiger partial charge in [0.1, 0.15) is 5.75 Å². The first-order valence-electron chi connectivity index (χ1n) is 11.0. The van der Waals surface area contributed by atoms with Gasteiger partial charge >= 0.3 is 0 Å². The quantitative estimate of drug-likeness (QED) is 0.254. The number of aryl methyl sites for hydroxylation is 1. The summed E-state index contributed by atoms with van der Waals surface area (Å²) in [5, 5.41) is 16.2. The van der Waals surface area contributed by atoms with Crippen molar-refractivity contribution in [1.29, 1.82) is 0 Å². The van der Waals surface area contributed by atoms with Crippen LogP contribution < -0.4 is 5.43 Å². The molecule has 1 amide bonds. The van der Waals surface area contributed by atoms with Crippen LogP contribution >= 0.6 is 0 Å². The van der Waals surface area contributed by atoms with E-state index in [1.807, 2.05) is 60.7 Å². The Balaban J connectivity index is 1.35. The predicted molar refractivity (Wildman–Crippen MR) is 137 cm³/mol. The molecule has 5 heteroatoms. The summed E-state index contributed by atoms with van der Waals surface area (Å²) >= 11 is 0. The maximum absolute atomic E-state index is 12.6. The summed E-state index contributed by atoms with van der Waals surface area (Å²) in [4.78, 5) is 12.6. The van der Waals surface area contributed by atoms with Gasteiger partial charge in [0.05, 0.1) is 11.9 Å². The second kappa shape index (κ2) is 9.08. The molecule has 0 fully saturated rings. The number of amides is 1. The van der Waals surface area contributed by atoms with Crippen molar-refractivity contribution in [2.75, 3.05) is 0 Å². The molecule has 166 valence electrons. The molecule has 0 radical (unpaired) electrons. The number of aromatic hydroxyl groups is 1. The monoisotopic (exact) mass is 445 g/mol. The van der Waals surface area contributed by atoms with Crippen molar-refractivity contribution in [2.24, 2.45) is 5.10 Å². The number of nitrogens with one attached hydrogen (secondary N) is 1. The number of hydrogen-bond donors (Lipinski definition) is 2. The Hall–Kier alpha value is -4.64. The van der Waals surface area contributed by atoms with Crippen LogP contribution in [-0.2, 0) is 0 Å². The molecule has 1 aromatic heterocycles. The summed E-state index contributed by atoms with van der Waals surface area (Å²) in [7, 11) is 0. The van der Waals surface area contributed by atoms with Gasteiger partial charge in [-0.15, -0.1) is 0 Å². The zero-order valence-electron chi connectivity index (χ0n) is 18.6. The van der Waals surface area contributed by atoms with E-state index in [1.165, 1.54) is 6.21 Å². The summed E-state index contributed by atoms with van der Waals surface area (Å²) in [5.41, 5.74) is 7.91. The Bertz CT molecular complexity index is 1500. The van der Waals surface area contributed by atoms with Gasteiger partial charge in [0.25, 0.3) is 5.91 Å². The van der Waals surface area contributed by atoms with Gasteiger partial charge in [-0.2, -0.15) is 5.10 Å².